The summed E-state index contributed by atoms with van der Waals surface area (Å²) in [6.45, 7) is 1.87. The van der Waals surface area contributed by atoms with Crippen LogP contribution in [0.25, 0.3) is 0 Å². The van der Waals surface area contributed by atoms with Gasteiger partial charge < -0.3 is 9.47 Å². The highest BCUT2D eigenvalue weighted by Gasteiger charge is 2.12. The van der Waals surface area contributed by atoms with E-state index in [1.54, 1.807) is 30.3 Å². The highest BCUT2D eigenvalue weighted by Crippen LogP contribution is 2.35. The Bertz CT molecular complexity index is 724. The molecule has 0 fully saturated rings. The number of nitrogens with zero attached hydrogens (tertiary/aromatic N) is 2. The Morgan fingerprint density at radius 3 is 2.45 bits per heavy atom. The molecule has 20 heavy (non-hydrogen) atoms. The minimum atomic E-state index is 0.455. The third kappa shape index (κ3) is 2.55. The van der Waals surface area contributed by atoms with Crippen molar-refractivity contribution >= 4 is 0 Å². The van der Waals surface area contributed by atoms with Crippen molar-refractivity contribution < 1.29 is 9.47 Å². The van der Waals surface area contributed by atoms with Gasteiger partial charge in [0.25, 0.3) is 0 Å². The molecule has 0 aliphatic rings. The number of rotatable bonds is 3. The van der Waals surface area contributed by atoms with Crippen molar-refractivity contribution in [3.63, 3.8) is 0 Å². The monoisotopic (exact) mass is 264 g/mol. The highest BCUT2D eigenvalue weighted by atomic mass is 16.5. The van der Waals surface area contributed by atoms with Crippen molar-refractivity contribution in [3.05, 3.63) is 53.1 Å². The topological polar surface area (TPSA) is 66.0 Å². The standard InChI is InChI=1S/C16H12N2O2/c1-11-4-3-5-13(10-18)16(11)20-14-7-6-12(9-17)8-15(14)19-2/h3-8H,1-2H3. The SMILES string of the molecule is COc1cc(C#N)ccc1Oc1c(C)cccc1C#N. The van der Waals surface area contributed by atoms with Gasteiger partial charge in [0.1, 0.15) is 11.8 Å². The first-order chi connectivity index (χ1) is 9.69. The Balaban J connectivity index is 2.46. The molecule has 2 rings (SSSR count). The van der Waals surface area contributed by atoms with Gasteiger partial charge in [-0.1, -0.05) is 12.1 Å². The third-order valence-electron chi connectivity index (χ3n) is 2.84. The van der Waals surface area contributed by atoms with E-state index >= 15 is 0 Å². The summed E-state index contributed by atoms with van der Waals surface area (Å²) in [5, 5.41) is 18.0. The molecule has 0 saturated carbocycles. The van der Waals surface area contributed by atoms with E-state index in [1.165, 1.54) is 7.11 Å². The highest BCUT2D eigenvalue weighted by molar-refractivity contribution is 5.53. The maximum atomic E-state index is 9.13. The second kappa shape index (κ2) is 5.77. The molecule has 0 N–H and O–H groups in total. The van der Waals surface area contributed by atoms with Crippen LogP contribution in [-0.4, -0.2) is 7.11 Å². The van der Waals surface area contributed by atoms with Gasteiger partial charge in [-0.2, -0.15) is 10.5 Å². The lowest BCUT2D eigenvalue weighted by molar-refractivity contribution is 0.377. The number of hydrogen-bond donors (Lipinski definition) is 0. The minimum Gasteiger partial charge on any atom is -0.493 e. The van der Waals surface area contributed by atoms with Crippen LogP contribution in [0.2, 0.25) is 0 Å². The van der Waals surface area contributed by atoms with Gasteiger partial charge in [0.15, 0.2) is 11.5 Å². The van der Waals surface area contributed by atoms with Gasteiger partial charge in [0.2, 0.25) is 0 Å². The summed E-state index contributed by atoms with van der Waals surface area (Å²) in [4.78, 5) is 0. The number of nitriles is 2. The van der Waals surface area contributed by atoms with Crippen molar-refractivity contribution in [2.24, 2.45) is 0 Å². The molecule has 2 aromatic carbocycles. The molecule has 98 valence electrons. The van der Waals surface area contributed by atoms with Crippen LogP contribution in [0.1, 0.15) is 16.7 Å². The largest absolute Gasteiger partial charge is 0.493 e. The Kier molecular flexibility index (Phi) is 3.88. The molecule has 4 nitrogen and oxygen atoms in total. The molecule has 0 spiro atoms. The average molecular weight is 264 g/mol. The molecular weight excluding hydrogens is 252 g/mol. The maximum absolute atomic E-state index is 9.13. The molecule has 4 heteroatoms. The van der Waals surface area contributed by atoms with Crippen molar-refractivity contribution in [2.45, 2.75) is 6.92 Å². The lowest BCUT2D eigenvalue weighted by atomic mass is 10.1. The first-order valence-corrected chi connectivity index (χ1v) is 5.95. The summed E-state index contributed by atoms with van der Waals surface area (Å²) >= 11 is 0. The van der Waals surface area contributed by atoms with Gasteiger partial charge >= 0.3 is 0 Å². The van der Waals surface area contributed by atoms with E-state index in [0.717, 1.165) is 5.56 Å². The predicted molar refractivity (Wildman–Crippen MR) is 73.7 cm³/mol. The molecule has 0 saturated heterocycles. The summed E-state index contributed by atoms with van der Waals surface area (Å²) in [6, 6.07) is 14.4. The summed E-state index contributed by atoms with van der Waals surface area (Å²) in [6.07, 6.45) is 0. The first-order valence-electron chi connectivity index (χ1n) is 5.95. The Labute approximate surface area is 117 Å². The summed E-state index contributed by atoms with van der Waals surface area (Å²) < 4.78 is 11.0. The smallest absolute Gasteiger partial charge is 0.169 e. The van der Waals surface area contributed by atoms with E-state index < -0.39 is 0 Å². The van der Waals surface area contributed by atoms with Crippen LogP contribution in [0.4, 0.5) is 0 Å². The van der Waals surface area contributed by atoms with E-state index in [0.29, 0.717) is 28.4 Å². The Hall–Kier alpha value is -2.98. The van der Waals surface area contributed by atoms with E-state index in [2.05, 4.69) is 6.07 Å². The number of benzene rings is 2. The second-order valence-electron chi connectivity index (χ2n) is 4.14. The molecule has 0 unspecified atom stereocenters. The predicted octanol–water partition coefficient (Wildman–Crippen LogP) is 3.54. The quantitative estimate of drug-likeness (QED) is 0.850. The van der Waals surface area contributed by atoms with Crippen LogP contribution >= 0.6 is 0 Å². The van der Waals surface area contributed by atoms with Crippen LogP contribution in [0, 0.1) is 29.6 Å². The fourth-order valence-corrected chi connectivity index (χ4v) is 1.81. The van der Waals surface area contributed by atoms with Gasteiger partial charge in [-0.25, -0.2) is 0 Å². The maximum Gasteiger partial charge on any atom is 0.169 e. The third-order valence-corrected chi connectivity index (χ3v) is 2.84. The zero-order valence-electron chi connectivity index (χ0n) is 11.2. The molecule has 0 radical (unpaired) electrons. The number of aryl methyl sites for hydroxylation is 1. The van der Waals surface area contributed by atoms with Gasteiger partial charge in [-0.15, -0.1) is 0 Å². The van der Waals surface area contributed by atoms with E-state index in [-0.39, 0.29) is 0 Å². The Morgan fingerprint density at radius 2 is 1.80 bits per heavy atom. The van der Waals surface area contributed by atoms with Gasteiger partial charge in [-0.05, 0) is 30.7 Å². The number of para-hydroxylation sites is 1. The lowest BCUT2D eigenvalue weighted by Crippen LogP contribution is -1.95. The van der Waals surface area contributed by atoms with Crippen molar-refractivity contribution in [1.29, 1.82) is 10.5 Å². The summed E-state index contributed by atoms with van der Waals surface area (Å²) in [5.74, 6) is 1.42. The first kappa shape index (κ1) is 13.5. The normalized spacial score (nSPS) is 9.40. The molecular formula is C16H12N2O2. The van der Waals surface area contributed by atoms with Crippen LogP contribution in [0.15, 0.2) is 36.4 Å². The fraction of sp³-hybridized carbons (Fsp3) is 0.125. The van der Waals surface area contributed by atoms with Gasteiger partial charge in [-0.3, -0.25) is 0 Å². The number of hydrogen-bond acceptors (Lipinski definition) is 4. The fourth-order valence-electron chi connectivity index (χ4n) is 1.81. The van der Waals surface area contributed by atoms with Gasteiger partial charge in [0, 0.05) is 6.07 Å². The average Bonchev–Trinajstić information content (AvgIpc) is 2.49. The van der Waals surface area contributed by atoms with Crippen molar-refractivity contribution in [1.82, 2.24) is 0 Å². The molecule has 0 aliphatic heterocycles. The van der Waals surface area contributed by atoms with Crippen LogP contribution in [0.3, 0.4) is 0 Å². The molecule has 0 heterocycles. The van der Waals surface area contributed by atoms with E-state index in [4.69, 9.17) is 20.0 Å². The second-order valence-corrected chi connectivity index (χ2v) is 4.14. The van der Waals surface area contributed by atoms with Gasteiger partial charge in [0.05, 0.1) is 24.3 Å². The lowest BCUT2D eigenvalue weighted by Gasteiger charge is -2.13. The number of ether oxygens (including phenoxy) is 2. The molecule has 0 aliphatic carbocycles. The number of methoxy groups -OCH3 is 1. The zero-order valence-corrected chi connectivity index (χ0v) is 11.2. The molecule has 0 bridgehead atoms. The van der Waals surface area contributed by atoms with Crippen molar-refractivity contribution in [3.8, 4) is 29.4 Å². The minimum absolute atomic E-state index is 0.455. The molecule has 0 aromatic heterocycles. The van der Waals surface area contributed by atoms with E-state index in [1.807, 2.05) is 19.1 Å². The van der Waals surface area contributed by atoms with Crippen LogP contribution in [-0.2, 0) is 0 Å². The molecule has 0 amide bonds. The molecule has 2 aromatic rings. The van der Waals surface area contributed by atoms with Crippen LogP contribution < -0.4 is 9.47 Å². The van der Waals surface area contributed by atoms with Crippen molar-refractivity contribution in [2.75, 3.05) is 7.11 Å². The van der Waals surface area contributed by atoms with E-state index in [9.17, 15) is 0 Å². The molecule has 0 atom stereocenters. The summed E-state index contributed by atoms with van der Waals surface area (Å²) in [7, 11) is 1.51. The van der Waals surface area contributed by atoms with Crippen LogP contribution in [0.5, 0.6) is 17.2 Å². The summed E-state index contributed by atoms with van der Waals surface area (Å²) in [5.41, 5.74) is 1.80. The Morgan fingerprint density at radius 1 is 1.00 bits per heavy atom. The zero-order chi connectivity index (χ0) is 14.5.